The number of aromatic carboxylic acids is 1. The average Bonchev–Trinajstić information content (AvgIpc) is 3.84. The fraction of sp³-hybridized carbons (Fsp3) is 0.613. The van der Waals surface area contributed by atoms with Crippen LogP contribution in [-0.2, 0) is 23.9 Å². The number of carbonyl (C=O) groups excluding carboxylic acids is 5. The molecule has 2 saturated heterocycles. The molecule has 2 aliphatic rings. The normalized spacial score (nSPS) is 17.5. The summed E-state index contributed by atoms with van der Waals surface area (Å²) in [6.45, 7) is 11.6. The summed E-state index contributed by atoms with van der Waals surface area (Å²) in [5, 5.41) is 9.12. The number of ether oxygens (including phenoxy) is 1. The zero-order valence-corrected chi connectivity index (χ0v) is 28.3. The summed E-state index contributed by atoms with van der Waals surface area (Å²) in [6, 6.07) is -1.01. The predicted molar refractivity (Wildman–Crippen MR) is 159 cm³/mol. The zero-order chi connectivity index (χ0) is 33.7. The van der Waals surface area contributed by atoms with Crippen molar-refractivity contribution in [3.8, 4) is 0 Å². The van der Waals surface area contributed by atoms with Crippen LogP contribution in [0.25, 0.3) is 0 Å². The maximum Gasteiger partial charge on any atom is 1.00 e. The van der Waals surface area contributed by atoms with Crippen molar-refractivity contribution >= 4 is 35.3 Å². The number of amides is 2. The third-order valence-electron chi connectivity index (χ3n) is 8.79. The first-order chi connectivity index (χ1) is 21.1. The van der Waals surface area contributed by atoms with Gasteiger partial charge in [0.05, 0.1) is 19.2 Å². The van der Waals surface area contributed by atoms with E-state index in [9.17, 15) is 28.8 Å². The molecule has 47 heavy (non-hydrogen) atoms. The second-order valence-electron chi connectivity index (χ2n) is 12.4. The number of carboxylic acid groups (broad SMARTS) is 1. The Bertz CT molecular complexity index is 1450. The van der Waals surface area contributed by atoms with Crippen LogP contribution in [0.5, 0.6) is 0 Å². The Labute approximate surface area is 285 Å². The number of aromatic nitrogens is 2. The number of carbonyl (C=O) groups is 6. The molecule has 0 saturated carbocycles. The van der Waals surface area contributed by atoms with E-state index < -0.39 is 58.2 Å². The van der Waals surface area contributed by atoms with E-state index in [0.717, 1.165) is 19.2 Å². The number of methoxy groups -OCH3 is 1. The van der Waals surface area contributed by atoms with E-state index in [-0.39, 0.29) is 47.2 Å². The molecule has 2 N–H and O–H groups in total. The van der Waals surface area contributed by atoms with Gasteiger partial charge in [-0.1, -0.05) is 41.5 Å². The number of hydrogen-bond donors (Lipinski definition) is 1. The molecule has 0 unspecified atom stereocenters. The number of carboxylic acids is 1. The molecule has 4 heterocycles. The van der Waals surface area contributed by atoms with E-state index >= 15 is 0 Å². The van der Waals surface area contributed by atoms with E-state index in [2.05, 4.69) is 14.7 Å². The van der Waals surface area contributed by atoms with Gasteiger partial charge in [-0.05, 0) is 38.5 Å². The fourth-order valence-electron chi connectivity index (χ4n) is 5.12. The topological polar surface area (TPSA) is 220 Å². The van der Waals surface area contributed by atoms with Crippen molar-refractivity contribution in [1.82, 2.24) is 19.8 Å². The van der Waals surface area contributed by atoms with Gasteiger partial charge in [0.2, 0.25) is 11.6 Å². The Morgan fingerprint density at radius 3 is 1.55 bits per heavy atom. The molecular formula is C31H43LiN4O11. The number of likely N-dealkylation sites (tertiary alicyclic amines) is 2. The molecule has 2 atom stereocenters. The van der Waals surface area contributed by atoms with E-state index in [1.165, 1.54) is 16.9 Å². The molecule has 0 spiro atoms. The molecule has 2 aromatic heterocycles. The summed E-state index contributed by atoms with van der Waals surface area (Å²) >= 11 is 0. The van der Waals surface area contributed by atoms with Gasteiger partial charge < -0.3 is 34.0 Å². The minimum Gasteiger partial charge on any atom is -0.870 e. The Balaban J connectivity index is 0.000000451. The van der Waals surface area contributed by atoms with Crippen LogP contribution in [-0.4, -0.2) is 85.9 Å². The molecule has 0 radical (unpaired) electrons. The van der Waals surface area contributed by atoms with Crippen LogP contribution in [0.15, 0.2) is 21.6 Å². The minimum absolute atomic E-state index is 0. The van der Waals surface area contributed by atoms with E-state index in [1.807, 2.05) is 13.8 Å². The molecular weight excluding hydrogens is 611 g/mol. The van der Waals surface area contributed by atoms with Crippen molar-refractivity contribution in [2.45, 2.75) is 92.2 Å². The number of oxazole rings is 2. The van der Waals surface area contributed by atoms with Crippen molar-refractivity contribution in [1.29, 1.82) is 0 Å². The van der Waals surface area contributed by atoms with Crippen molar-refractivity contribution < 1.29 is 71.8 Å². The van der Waals surface area contributed by atoms with Crippen LogP contribution in [0, 0.1) is 10.8 Å². The van der Waals surface area contributed by atoms with Crippen molar-refractivity contribution in [2.75, 3.05) is 20.2 Å². The molecule has 2 aromatic rings. The second kappa shape index (κ2) is 16.8. The number of Topliss-reactive ketones (excluding diaryl/α,β-unsaturated/α-hetero) is 2. The average molecular weight is 655 g/mol. The molecule has 4 rings (SSSR count). The molecule has 0 bridgehead atoms. The van der Waals surface area contributed by atoms with Gasteiger partial charge in [-0.25, -0.2) is 19.6 Å². The second-order valence-corrected chi connectivity index (χ2v) is 12.4. The molecule has 15 nitrogen and oxygen atoms in total. The summed E-state index contributed by atoms with van der Waals surface area (Å²) in [5.41, 5.74) is -1.59. The predicted octanol–water partition coefficient (Wildman–Crippen LogP) is 0.999. The summed E-state index contributed by atoms with van der Waals surface area (Å²) in [7, 11) is 1.26. The Morgan fingerprint density at radius 1 is 0.809 bits per heavy atom. The van der Waals surface area contributed by atoms with E-state index in [0.29, 0.717) is 45.2 Å². The van der Waals surface area contributed by atoms with Gasteiger partial charge in [-0.15, -0.1) is 0 Å². The van der Waals surface area contributed by atoms with Crippen LogP contribution >= 0.6 is 0 Å². The van der Waals surface area contributed by atoms with Gasteiger partial charge in [-0.3, -0.25) is 19.2 Å². The number of hydrogen-bond acceptors (Lipinski definition) is 12. The summed E-state index contributed by atoms with van der Waals surface area (Å²) < 4.78 is 15.2. The van der Waals surface area contributed by atoms with Crippen molar-refractivity contribution in [2.24, 2.45) is 10.8 Å². The molecule has 16 heteroatoms. The number of nitrogens with zero attached hydrogens (tertiary/aromatic N) is 4. The summed E-state index contributed by atoms with van der Waals surface area (Å²) in [6.07, 6.45) is 5.93. The van der Waals surface area contributed by atoms with Crippen LogP contribution in [0.1, 0.15) is 125 Å². The van der Waals surface area contributed by atoms with Gasteiger partial charge in [0, 0.05) is 23.9 Å². The summed E-state index contributed by atoms with van der Waals surface area (Å²) in [4.78, 5) is 83.3. The summed E-state index contributed by atoms with van der Waals surface area (Å²) in [5.74, 6) is -3.40. The fourth-order valence-corrected chi connectivity index (χ4v) is 5.12. The molecule has 2 amide bonds. The maximum absolute atomic E-state index is 12.6. The monoisotopic (exact) mass is 654 g/mol. The largest absolute Gasteiger partial charge is 1.00 e. The molecule has 2 fully saturated rings. The molecule has 254 valence electrons. The Morgan fingerprint density at radius 2 is 1.19 bits per heavy atom. The van der Waals surface area contributed by atoms with Crippen LogP contribution in [0.2, 0.25) is 0 Å². The van der Waals surface area contributed by atoms with E-state index in [1.54, 1.807) is 27.7 Å². The molecule has 0 aliphatic carbocycles. The third-order valence-corrected chi connectivity index (χ3v) is 8.79. The first kappa shape index (κ1) is 41.2. The van der Waals surface area contributed by atoms with Crippen LogP contribution < -0.4 is 18.9 Å². The molecule has 2 aliphatic heterocycles. The first-order valence-electron chi connectivity index (χ1n) is 15.0. The minimum atomic E-state index is -1.21. The molecule has 0 aromatic carbocycles. The van der Waals surface area contributed by atoms with Gasteiger partial charge in [0.15, 0.2) is 35.7 Å². The SMILES string of the molecule is CCC(C)(C)C(=O)C(=O)N1CCC[C@H]1c1ocnc1C(=O)O.CCC(C)(C)C(=O)C(=O)N1CCC[C@H]1c1ocnc1C(=O)OC.[Li+].[OH-]. The number of rotatable bonds is 10. The van der Waals surface area contributed by atoms with Gasteiger partial charge >= 0.3 is 30.8 Å². The van der Waals surface area contributed by atoms with Crippen molar-refractivity contribution in [3.05, 3.63) is 35.7 Å². The number of ketones is 2. The Kier molecular flexibility index (Phi) is 14.8. The number of esters is 1. The van der Waals surface area contributed by atoms with Crippen LogP contribution in [0.3, 0.4) is 0 Å². The smallest absolute Gasteiger partial charge is 0.870 e. The quantitative estimate of drug-likeness (QED) is 0.215. The van der Waals surface area contributed by atoms with Gasteiger partial charge in [-0.2, -0.15) is 0 Å². The van der Waals surface area contributed by atoms with Gasteiger partial charge in [0.25, 0.3) is 11.8 Å². The van der Waals surface area contributed by atoms with Crippen molar-refractivity contribution in [3.63, 3.8) is 0 Å². The van der Waals surface area contributed by atoms with E-state index in [4.69, 9.17) is 13.9 Å². The third kappa shape index (κ3) is 8.77. The van der Waals surface area contributed by atoms with Gasteiger partial charge in [0.1, 0.15) is 0 Å². The maximum atomic E-state index is 12.6. The van der Waals surface area contributed by atoms with Crippen LogP contribution in [0.4, 0.5) is 0 Å². The standard InChI is InChI=1S/C16H22N2O5.C15H20N2O5.Li.H2O/c1-5-16(2,3)13(19)14(20)18-8-6-7-10(18)12-11(15(21)22-4)17-9-23-12;1-4-15(2,3)12(18)13(19)17-7-5-6-9(17)11-10(14(20)21)16-8-22-11;;/h9-10H,5-8H2,1-4H3;8-9H,4-7H2,1-3H3,(H,20,21);;1H2/q;;+1;/p-1/t10-;9-;;/m00../s1. The zero-order valence-electron chi connectivity index (χ0n) is 28.3. The Hall–Kier alpha value is -3.80. The first-order valence-corrected chi connectivity index (χ1v) is 15.0.